The van der Waals surface area contributed by atoms with Crippen molar-refractivity contribution in [2.45, 2.75) is 6.92 Å². The van der Waals surface area contributed by atoms with E-state index in [1.165, 1.54) is 13.2 Å². The fourth-order valence-corrected chi connectivity index (χ4v) is 2.07. The maximum atomic E-state index is 12.0. The summed E-state index contributed by atoms with van der Waals surface area (Å²) in [5.41, 5.74) is 7.45. The summed E-state index contributed by atoms with van der Waals surface area (Å²) in [6.07, 6.45) is 0. The molecule has 4 N–H and O–H groups in total. The van der Waals surface area contributed by atoms with Crippen molar-refractivity contribution < 1.29 is 23.9 Å². The number of urea groups is 1. The van der Waals surface area contributed by atoms with Crippen molar-refractivity contribution in [3.63, 3.8) is 0 Å². The molecule has 26 heavy (non-hydrogen) atoms. The standard InChI is InChI=1S/C18H19N3O5/c1-11-4-3-5-14(16(11)19)17(23)26-10-15(22)21-18(24)20-12-6-8-13(25-2)9-7-12/h3-9H,10,19H2,1-2H3,(H2,20,21,22,24). The summed E-state index contributed by atoms with van der Waals surface area (Å²) in [5.74, 6) is -0.873. The van der Waals surface area contributed by atoms with E-state index in [-0.39, 0.29) is 11.3 Å². The van der Waals surface area contributed by atoms with Crippen molar-refractivity contribution >= 4 is 29.3 Å². The number of imide groups is 1. The average Bonchev–Trinajstić information content (AvgIpc) is 2.62. The summed E-state index contributed by atoms with van der Waals surface area (Å²) in [6, 6.07) is 10.7. The number of aryl methyl sites for hydroxylation is 1. The largest absolute Gasteiger partial charge is 0.497 e. The minimum atomic E-state index is -0.768. The van der Waals surface area contributed by atoms with E-state index in [2.05, 4.69) is 10.6 Å². The quantitative estimate of drug-likeness (QED) is 0.557. The number of methoxy groups -OCH3 is 1. The molecular formula is C18H19N3O5. The fraction of sp³-hybridized carbons (Fsp3) is 0.167. The third-order valence-electron chi connectivity index (χ3n) is 3.48. The van der Waals surface area contributed by atoms with Gasteiger partial charge in [-0.15, -0.1) is 0 Å². The number of anilines is 2. The maximum absolute atomic E-state index is 12.0. The van der Waals surface area contributed by atoms with Crippen molar-refractivity contribution in [1.82, 2.24) is 5.32 Å². The summed E-state index contributed by atoms with van der Waals surface area (Å²) in [5, 5.41) is 4.53. The third-order valence-corrected chi connectivity index (χ3v) is 3.48. The van der Waals surface area contributed by atoms with Gasteiger partial charge in [0.2, 0.25) is 0 Å². The minimum Gasteiger partial charge on any atom is -0.497 e. The lowest BCUT2D eigenvalue weighted by Crippen LogP contribution is -2.37. The Hall–Kier alpha value is -3.55. The molecule has 0 aliphatic heterocycles. The first kappa shape index (κ1) is 18.8. The van der Waals surface area contributed by atoms with Crippen LogP contribution >= 0.6 is 0 Å². The highest BCUT2D eigenvalue weighted by molar-refractivity contribution is 6.02. The molecule has 136 valence electrons. The molecule has 0 fully saturated rings. The predicted octanol–water partition coefficient (Wildman–Crippen LogP) is 2.09. The van der Waals surface area contributed by atoms with Gasteiger partial charge in [0, 0.05) is 11.4 Å². The molecule has 0 spiro atoms. The van der Waals surface area contributed by atoms with Crippen LogP contribution in [0, 0.1) is 6.92 Å². The molecule has 2 aromatic rings. The van der Waals surface area contributed by atoms with E-state index in [0.717, 1.165) is 5.56 Å². The van der Waals surface area contributed by atoms with Crippen LogP contribution in [-0.4, -0.2) is 31.6 Å². The van der Waals surface area contributed by atoms with Gasteiger partial charge < -0.3 is 20.5 Å². The Morgan fingerprint density at radius 1 is 1.08 bits per heavy atom. The molecule has 8 heteroatoms. The molecule has 8 nitrogen and oxygen atoms in total. The predicted molar refractivity (Wildman–Crippen MR) is 96.0 cm³/mol. The number of nitrogens with two attached hydrogens (primary N) is 1. The molecular weight excluding hydrogens is 338 g/mol. The molecule has 0 aliphatic rings. The molecule has 0 unspecified atom stereocenters. The van der Waals surface area contributed by atoms with Crippen molar-refractivity contribution in [2.24, 2.45) is 0 Å². The topological polar surface area (TPSA) is 120 Å². The lowest BCUT2D eigenvalue weighted by atomic mass is 10.1. The maximum Gasteiger partial charge on any atom is 0.340 e. The number of para-hydroxylation sites is 1. The van der Waals surface area contributed by atoms with Gasteiger partial charge in [-0.25, -0.2) is 9.59 Å². The van der Waals surface area contributed by atoms with Crippen molar-refractivity contribution in [1.29, 1.82) is 0 Å². The Bertz CT molecular complexity index is 818. The number of nitrogen functional groups attached to an aromatic ring is 1. The van der Waals surface area contributed by atoms with Gasteiger partial charge in [0.15, 0.2) is 6.61 Å². The average molecular weight is 357 g/mol. The highest BCUT2D eigenvalue weighted by Crippen LogP contribution is 2.17. The van der Waals surface area contributed by atoms with Gasteiger partial charge in [-0.1, -0.05) is 12.1 Å². The Balaban J connectivity index is 1.83. The second-order valence-electron chi connectivity index (χ2n) is 5.34. The van der Waals surface area contributed by atoms with Gasteiger partial charge in [-0.05, 0) is 42.8 Å². The summed E-state index contributed by atoms with van der Waals surface area (Å²) < 4.78 is 9.89. The monoisotopic (exact) mass is 357 g/mol. The molecule has 0 saturated carbocycles. The van der Waals surface area contributed by atoms with E-state index in [1.807, 2.05) is 0 Å². The van der Waals surface area contributed by atoms with E-state index < -0.39 is 24.5 Å². The molecule has 0 atom stereocenters. The summed E-state index contributed by atoms with van der Waals surface area (Å²) >= 11 is 0. The van der Waals surface area contributed by atoms with Crippen LogP contribution in [-0.2, 0) is 9.53 Å². The SMILES string of the molecule is COc1ccc(NC(=O)NC(=O)COC(=O)c2cccc(C)c2N)cc1. The number of amides is 3. The first-order valence-electron chi connectivity index (χ1n) is 7.68. The molecule has 0 heterocycles. The van der Waals surface area contributed by atoms with Gasteiger partial charge in [0.25, 0.3) is 5.91 Å². The van der Waals surface area contributed by atoms with Gasteiger partial charge in [0.1, 0.15) is 5.75 Å². The Kier molecular flexibility index (Phi) is 6.15. The first-order chi connectivity index (χ1) is 12.4. The molecule has 2 rings (SSSR count). The Morgan fingerprint density at radius 3 is 2.42 bits per heavy atom. The lowest BCUT2D eigenvalue weighted by Gasteiger charge is -2.09. The number of benzene rings is 2. The van der Waals surface area contributed by atoms with Crippen LogP contribution in [0.4, 0.5) is 16.2 Å². The number of nitrogens with one attached hydrogen (secondary N) is 2. The second-order valence-corrected chi connectivity index (χ2v) is 5.34. The van der Waals surface area contributed by atoms with E-state index in [1.54, 1.807) is 43.3 Å². The van der Waals surface area contributed by atoms with Crippen molar-refractivity contribution in [2.75, 3.05) is 24.8 Å². The number of carbonyl (C=O) groups is 3. The molecule has 0 aromatic heterocycles. The number of esters is 1. The lowest BCUT2D eigenvalue weighted by molar-refractivity contribution is -0.123. The zero-order valence-corrected chi connectivity index (χ0v) is 14.4. The van der Waals surface area contributed by atoms with E-state index in [9.17, 15) is 14.4 Å². The number of rotatable bonds is 5. The van der Waals surface area contributed by atoms with Gasteiger partial charge in [-0.2, -0.15) is 0 Å². The Morgan fingerprint density at radius 2 is 1.77 bits per heavy atom. The zero-order chi connectivity index (χ0) is 19.1. The van der Waals surface area contributed by atoms with Gasteiger partial charge in [0.05, 0.1) is 12.7 Å². The van der Waals surface area contributed by atoms with Crippen LogP contribution < -0.4 is 21.1 Å². The van der Waals surface area contributed by atoms with E-state index in [4.69, 9.17) is 15.2 Å². The van der Waals surface area contributed by atoms with Crippen LogP contribution in [0.15, 0.2) is 42.5 Å². The van der Waals surface area contributed by atoms with Crippen LogP contribution in [0.3, 0.4) is 0 Å². The number of hydrogen-bond donors (Lipinski definition) is 3. The summed E-state index contributed by atoms with van der Waals surface area (Å²) in [7, 11) is 1.53. The minimum absolute atomic E-state index is 0.167. The number of ether oxygens (including phenoxy) is 2. The van der Waals surface area contributed by atoms with E-state index >= 15 is 0 Å². The van der Waals surface area contributed by atoms with Gasteiger partial charge >= 0.3 is 12.0 Å². The molecule has 0 bridgehead atoms. The fourth-order valence-electron chi connectivity index (χ4n) is 2.07. The third kappa shape index (κ3) is 4.97. The number of carbonyl (C=O) groups excluding carboxylic acids is 3. The van der Waals surface area contributed by atoms with Crippen molar-refractivity contribution in [3.05, 3.63) is 53.6 Å². The number of hydrogen-bond acceptors (Lipinski definition) is 6. The van der Waals surface area contributed by atoms with Crippen LogP contribution in [0.5, 0.6) is 5.75 Å². The second kappa shape index (κ2) is 8.52. The Labute approximate surface area is 150 Å². The van der Waals surface area contributed by atoms with Crippen LogP contribution in [0.1, 0.15) is 15.9 Å². The normalized spacial score (nSPS) is 9.92. The van der Waals surface area contributed by atoms with E-state index in [0.29, 0.717) is 11.4 Å². The molecule has 0 aliphatic carbocycles. The molecule has 3 amide bonds. The first-order valence-corrected chi connectivity index (χ1v) is 7.68. The molecule has 0 radical (unpaired) electrons. The highest BCUT2D eigenvalue weighted by Gasteiger charge is 2.15. The smallest absolute Gasteiger partial charge is 0.340 e. The van der Waals surface area contributed by atoms with Crippen molar-refractivity contribution in [3.8, 4) is 5.75 Å². The molecule has 0 saturated heterocycles. The van der Waals surface area contributed by atoms with Crippen LogP contribution in [0.2, 0.25) is 0 Å². The summed E-state index contributed by atoms with van der Waals surface area (Å²) in [4.78, 5) is 35.5. The van der Waals surface area contributed by atoms with Gasteiger partial charge in [-0.3, -0.25) is 10.1 Å². The summed E-state index contributed by atoms with van der Waals surface area (Å²) in [6.45, 7) is 1.14. The van der Waals surface area contributed by atoms with Crippen LogP contribution in [0.25, 0.3) is 0 Å². The zero-order valence-electron chi connectivity index (χ0n) is 14.4. The highest BCUT2D eigenvalue weighted by atomic mass is 16.5. The molecule has 2 aromatic carbocycles.